The molecule has 124 valence electrons. The van der Waals surface area contributed by atoms with Gasteiger partial charge in [-0.15, -0.1) is 0 Å². The molecule has 0 radical (unpaired) electrons. The van der Waals surface area contributed by atoms with E-state index in [4.69, 9.17) is 4.98 Å². The molecule has 0 saturated carbocycles. The summed E-state index contributed by atoms with van der Waals surface area (Å²) in [4.78, 5) is 4.97. The van der Waals surface area contributed by atoms with Gasteiger partial charge >= 0.3 is 0 Å². The van der Waals surface area contributed by atoms with Gasteiger partial charge in [-0.1, -0.05) is 90.5 Å². The Labute approximate surface area is 155 Å². The molecule has 0 atom stereocenters. The lowest BCUT2D eigenvalue weighted by Crippen LogP contribution is -2.73. The van der Waals surface area contributed by atoms with Crippen molar-refractivity contribution in [1.29, 1.82) is 0 Å². The standard InChI is InChI=1S/C24H19NSi/c1-18-14-15-21-22-13-8-16-25-24(22)26(23(21)17-18,19-9-4-2-5-10-19)20-11-6-3-7-12-20/h2-17H,1H3. The molecule has 1 aliphatic rings. The summed E-state index contributed by atoms with van der Waals surface area (Å²) in [5, 5.41) is 5.52. The Morgan fingerprint density at radius 3 is 1.96 bits per heavy atom. The van der Waals surface area contributed by atoms with Gasteiger partial charge in [0, 0.05) is 11.5 Å². The quantitative estimate of drug-likeness (QED) is 0.447. The van der Waals surface area contributed by atoms with Crippen LogP contribution in [-0.2, 0) is 0 Å². The molecule has 26 heavy (non-hydrogen) atoms. The first-order valence-corrected chi connectivity index (χ1v) is 11.0. The molecule has 0 amide bonds. The zero-order valence-electron chi connectivity index (χ0n) is 14.7. The highest BCUT2D eigenvalue weighted by Gasteiger charge is 2.49. The Hall–Kier alpha value is -2.97. The van der Waals surface area contributed by atoms with Crippen molar-refractivity contribution in [1.82, 2.24) is 4.98 Å². The normalized spacial score (nSPS) is 13.9. The lowest BCUT2D eigenvalue weighted by molar-refractivity contribution is 1.38. The van der Waals surface area contributed by atoms with Crippen LogP contribution in [0.2, 0.25) is 0 Å². The molecule has 4 aromatic rings. The molecule has 0 bridgehead atoms. The third-order valence-electron chi connectivity index (χ3n) is 5.45. The molecule has 1 aromatic heterocycles. The molecule has 0 unspecified atom stereocenters. The van der Waals surface area contributed by atoms with E-state index in [1.807, 2.05) is 6.20 Å². The molecule has 0 N–H and O–H groups in total. The molecule has 3 aromatic carbocycles. The van der Waals surface area contributed by atoms with Crippen LogP contribution in [0.4, 0.5) is 0 Å². The van der Waals surface area contributed by atoms with E-state index in [0.717, 1.165) is 0 Å². The fraction of sp³-hybridized carbons (Fsp3) is 0.0417. The fourth-order valence-electron chi connectivity index (χ4n) is 4.38. The molecular formula is C24H19NSi. The van der Waals surface area contributed by atoms with E-state index in [-0.39, 0.29) is 0 Å². The Balaban J connectivity index is 1.99. The van der Waals surface area contributed by atoms with Crippen molar-refractivity contribution in [2.24, 2.45) is 0 Å². The summed E-state index contributed by atoms with van der Waals surface area (Å²) in [6, 6.07) is 33.2. The number of hydrogen-bond donors (Lipinski definition) is 0. The number of aryl methyl sites for hydroxylation is 1. The number of rotatable bonds is 2. The maximum absolute atomic E-state index is 4.97. The van der Waals surface area contributed by atoms with Crippen molar-refractivity contribution in [3.05, 3.63) is 103 Å². The van der Waals surface area contributed by atoms with E-state index in [1.54, 1.807) is 0 Å². The smallest absolute Gasteiger partial charge is 0.203 e. The van der Waals surface area contributed by atoms with Crippen LogP contribution in [0, 0.1) is 6.92 Å². The van der Waals surface area contributed by atoms with Gasteiger partial charge < -0.3 is 0 Å². The summed E-state index contributed by atoms with van der Waals surface area (Å²) in [5.74, 6) is 0. The minimum atomic E-state index is -2.37. The summed E-state index contributed by atoms with van der Waals surface area (Å²) in [6.07, 6.45) is 1.95. The Bertz CT molecular complexity index is 1050. The van der Waals surface area contributed by atoms with Gasteiger partial charge in [0.15, 0.2) is 0 Å². The second-order valence-electron chi connectivity index (χ2n) is 6.93. The maximum Gasteiger partial charge on any atom is 0.203 e. The monoisotopic (exact) mass is 349 g/mol. The largest absolute Gasteiger partial charge is 0.264 e. The Kier molecular flexibility index (Phi) is 3.40. The van der Waals surface area contributed by atoms with Crippen LogP contribution in [0.3, 0.4) is 0 Å². The van der Waals surface area contributed by atoms with E-state index >= 15 is 0 Å². The predicted molar refractivity (Wildman–Crippen MR) is 112 cm³/mol. The number of fused-ring (bicyclic) bond motifs is 3. The van der Waals surface area contributed by atoms with Gasteiger partial charge in [-0.3, -0.25) is 4.98 Å². The van der Waals surface area contributed by atoms with Crippen LogP contribution < -0.4 is 20.9 Å². The molecule has 1 nitrogen and oxygen atoms in total. The van der Waals surface area contributed by atoms with Gasteiger partial charge in [-0.25, -0.2) is 0 Å². The van der Waals surface area contributed by atoms with Gasteiger partial charge in [0.1, 0.15) is 0 Å². The summed E-state index contributed by atoms with van der Waals surface area (Å²) in [6.45, 7) is 2.19. The number of benzene rings is 3. The second kappa shape index (κ2) is 5.79. The molecule has 2 heteroatoms. The van der Waals surface area contributed by atoms with E-state index < -0.39 is 8.07 Å². The Morgan fingerprint density at radius 1 is 0.654 bits per heavy atom. The molecular weight excluding hydrogens is 330 g/mol. The van der Waals surface area contributed by atoms with E-state index in [2.05, 4.69) is 97.9 Å². The number of aromatic nitrogens is 1. The zero-order chi connectivity index (χ0) is 17.6. The first-order valence-electron chi connectivity index (χ1n) is 9.00. The van der Waals surface area contributed by atoms with Crippen LogP contribution in [0.25, 0.3) is 11.1 Å². The fourth-order valence-corrected chi connectivity index (χ4v) is 9.48. The third-order valence-corrected chi connectivity index (χ3v) is 10.2. The lowest BCUT2D eigenvalue weighted by atomic mass is 10.1. The third kappa shape index (κ3) is 1.99. The highest BCUT2D eigenvalue weighted by atomic mass is 28.3. The van der Waals surface area contributed by atoms with Crippen molar-refractivity contribution in [3.8, 4) is 11.1 Å². The van der Waals surface area contributed by atoms with Crippen LogP contribution in [0.5, 0.6) is 0 Å². The zero-order valence-corrected chi connectivity index (χ0v) is 15.7. The Morgan fingerprint density at radius 2 is 1.31 bits per heavy atom. The lowest BCUT2D eigenvalue weighted by Gasteiger charge is -2.30. The number of nitrogens with zero attached hydrogens (tertiary/aromatic N) is 1. The maximum atomic E-state index is 4.97. The average molecular weight is 350 g/mol. The number of pyridine rings is 1. The summed E-state index contributed by atoms with van der Waals surface area (Å²) >= 11 is 0. The first-order chi connectivity index (χ1) is 12.8. The van der Waals surface area contributed by atoms with E-state index in [0.29, 0.717) is 0 Å². The summed E-state index contributed by atoms with van der Waals surface area (Å²) in [7, 11) is -2.37. The van der Waals surface area contributed by atoms with E-state index in [9.17, 15) is 0 Å². The highest BCUT2D eigenvalue weighted by molar-refractivity contribution is 7.21. The van der Waals surface area contributed by atoms with Crippen molar-refractivity contribution in [2.75, 3.05) is 0 Å². The summed E-state index contributed by atoms with van der Waals surface area (Å²) in [5.41, 5.74) is 3.94. The highest BCUT2D eigenvalue weighted by Crippen LogP contribution is 2.27. The van der Waals surface area contributed by atoms with Crippen molar-refractivity contribution in [3.63, 3.8) is 0 Å². The topological polar surface area (TPSA) is 12.9 Å². The van der Waals surface area contributed by atoms with Gasteiger partial charge in [-0.05, 0) is 39.7 Å². The van der Waals surface area contributed by atoms with Gasteiger partial charge in [0.05, 0.1) is 0 Å². The van der Waals surface area contributed by atoms with Crippen molar-refractivity contribution in [2.45, 2.75) is 6.92 Å². The van der Waals surface area contributed by atoms with Gasteiger partial charge in [-0.2, -0.15) is 0 Å². The van der Waals surface area contributed by atoms with Crippen molar-refractivity contribution < 1.29 is 0 Å². The number of hydrogen-bond acceptors (Lipinski definition) is 1. The van der Waals surface area contributed by atoms with Crippen LogP contribution in [0.1, 0.15) is 5.56 Å². The first kappa shape index (κ1) is 15.3. The molecule has 1 aliphatic heterocycles. The SMILES string of the molecule is Cc1ccc2c(c1)[Si](c1ccccc1)(c1ccccc1)c1ncccc1-2. The molecule has 0 fully saturated rings. The summed E-state index contributed by atoms with van der Waals surface area (Å²) < 4.78 is 0. The second-order valence-corrected chi connectivity index (χ2v) is 10.6. The average Bonchev–Trinajstić information content (AvgIpc) is 3.00. The van der Waals surface area contributed by atoms with Crippen LogP contribution in [-0.4, -0.2) is 13.1 Å². The van der Waals surface area contributed by atoms with Crippen LogP contribution in [0.15, 0.2) is 97.2 Å². The molecule has 0 aliphatic carbocycles. The van der Waals surface area contributed by atoms with Crippen LogP contribution >= 0.6 is 0 Å². The predicted octanol–water partition coefficient (Wildman–Crippen LogP) is 2.75. The van der Waals surface area contributed by atoms with Gasteiger partial charge in [0.25, 0.3) is 0 Å². The van der Waals surface area contributed by atoms with E-state index in [1.165, 1.54) is 37.6 Å². The molecule has 5 rings (SSSR count). The van der Waals surface area contributed by atoms with Crippen molar-refractivity contribution >= 4 is 29.0 Å². The minimum Gasteiger partial charge on any atom is -0.264 e. The molecule has 2 heterocycles. The van der Waals surface area contributed by atoms with Gasteiger partial charge in [0.2, 0.25) is 8.07 Å². The molecule has 0 saturated heterocycles. The minimum absolute atomic E-state index is 1.26. The molecule has 0 spiro atoms.